The summed E-state index contributed by atoms with van der Waals surface area (Å²) >= 11 is 5.98. The van der Waals surface area contributed by atoms with E-state index in [-0.39, 0.29) is 12.3 Å². The van der Waals surface area contributed by atoms with Crippen molar-refractivity contribution in [2.75, 3.05) is 25.5 Å². The van der Waals surface area contributed by atoms with Crippen LogP contribution in [0, 0.1) is 12.7 Å². The number of benzene rings is 2. The van der Waals surface area contributed by atoms with Gasteiger partial charge in [-0.25, -0.2) is 9.18 Å². The van der Waals surface area contributed by atoms with Gasteiger partial charge in [0.05, 0.1) is 17.3 Å². The molecule has 1 N–H and O–H groups in total. The van der Waals surface area contributed by atoms with Gasteiger partial charge >= 0.3 is 5.97 Å². The number of nitrogens with zero attached hydrogens (tertiary/aromatic N) is 1. The molecule has 2 aromatic carbocycles. The number of carbonyl (C=O) groups excluding carboxylic acids is 3. The summed E-state index contributed by atoms with van der Waals surface area (Å²) in [4.78, 5) is 37.7. The molecule has 3 rings (SSSR count). The monoisotopic (exact) mass is 432 g/mol. The van der Waals surface area contributed by atoms with Crippen LogP contribution in [0.3, 0.4) is 0 Å². The summed E-state index contributed by atoms with van der Waals surface area (Å²) in [5.74, 6) is -2.47. The molecule has 1 heterocycles. The Bertz CT molecular complexity index is 1130. The van der Waals surface area contributed by atoms with Gasteiger partial charge in [0.15, 0.2) is 6.61 Å². The van der Waals surface area contributed by atoms with Crippen LogP contribution in [0.2, 0.25) is 5.02 Å². The van der Waals surface area contributed by atoms with Crippen LogP contribution in [0.15, 0.2) is 46.9 Å². The number of esters is 1. The molecular weight excluding hydrogens is 415 g/mol. The SMILES string of the molecule is Cc1c(C(=O)OCC(=O)N(C)CC(=O)Nc2ccccc2Cl)oc2ccc(F)cc12. The number of hydrogen-bond donors (Lipinski definition) is 1. The number of ether oxygens (including phenoxy) is 1. The van der Waals surface area contributed by atoms with Gasteiger partial charge in [-0.1, -0.05) is 23.7 Å². The Kier molecular flexibility index (Phi) is 6.37. The van der Waals surface area contributed by atoms with Crippen LogP contribution in [-0.4, -0.2) is 42.9 Å². The van der Waals surface area contributed by atoms with Crippen LogP contribution in [-0.2, 0) is 14.3 Å². The first-order valence-electron chi connectivity index (χ1n) is 8.90. The standard InChI is InChI=1S/C21H18ClFN2O5/c1-12-14-9-13(23)7-8-17(14)30-20(12)21(28)29-11-19(27)25(2)10-18(26)24-16-6-4-3-5-15(16)22/h3-9H,10-11H2,1-2H3,(H,24,26). The van der Waals surface area contributed by atoms with Crippen LogP contribution >= 0.6 is 11.6 Å². The highest BCUT2D eigenvalue weighted by atomic mass is 35.5. The number of fused-ring (bicyclic) bond motifs is 1. The normalized spacial score (nSPS) is 10.7. The molecule has 0 aliphatic heterocycles. The lowest BCUT2D eigenvalue weighted by Crippen LogP contribution is -2.37. The van der Waals surface area contributed by atoms with Crippen molar-refractivity contribution in [3.8, 4) is 0 Å². The fourth-order valence-electron chi connectivity index (χ4n) is 2.75. The summed E-state index contributed by atoms with van der Waals surface area (Å²) in [6.45, 7) is 0.749. The van der Waals surface area contributed by atoms with E-state index in [1.165, 1.54) is 25.2 Å². The molecule has 3 aromatic rings. The number of furan rings is 1. The smallest absolute Gasteiger partial charge is 0.375 e. The lowest BCUT2D eigenvalue weighted by molar-refractivity contribution is -0.136. The van der Waals surface area contributed by atoms with E-state index in [0.717, 1.165) is 4.90 Å². The quantitative estimate of drug-likeness (QED) is 0.599. The third-order valence-electron chi connectivity index (χ3n) is 4.36. The first kappa shape index (κ1) is 21.3. The minimum absolute atomic E-state index is 0.109. The maximum atomic E-state index is 13.4. The Morgan fingerprint density at radius 3 is 2.67 bits per heavy atom. The van der Waals surface area contributed by atoms with Gasteiger partial charge in [0.1, 0.15) is 11.4 Å². The number of anilines is 1. The zero-order valence-electron chi connectivity index (χ0n) is 16.2. The van der Waals surface area contributed by atoms with Crippen LogP contribution in [0.1, 0.15) is 16.1 Å². The van der Waals surface area contributed by atoms with E-state index in [4.69, 9.17) is 20.8 Å². The lowest BCUT2D eigenvalue weighted by atomic mass is 10.1. The van der Waals surface area contributed by atoms with E-state index in [1.807, 2.05) is 0 Å². The zero-order valence-corrected chi connectivity index (χ0v) is 17.0. The minimum atomic E-state index is -0.855. The summed E-state index contributed by atoms with van der Waals surface area (Å²) < 4.78 is 23.8. The van der Waals surface area contributed by atoms with E-state index < -0.39 is 30.2 Å². The molecule has 0 saturated heterocycles. The second kappa shape index (κ2) is 8.96. The number of likely N-dealkylation sites (N-methyl/N-ethyl adjacent to an activating group) is 1. The second-order valence-corrected chi connectivity index (χ2v) is 6.96. The van der Waals surface area contributed by atoms with Gasteiger partial charge in [-0.15, -0.1) is 0 Å². The second-order valence-electron chi connectivity index (χ2n) is 6.55. The molecule has 0 spiro atoms. The Morgan fingerprint density at radius 2 is 1.93 bits per heavy atom. The average Bonchev–Trinajstić information content (AvgIpc) is 3.03. The topological polar surface area (TPSA) is 88.9 Å². The highest BCUT2D eigenvalue weighted by Crippen LogP contribution is 2.26. The van der Waals surface area contributed by atoms with Crippen molar-refractivity contribution in [2.24, 2.45) is 0 Å². The number of para-hydroxylation sites is 1. The Labute approximate surface area is 176 Å². The zero-order chi connectivity index (χ0) is 21.8. The predicted octanol–water partition coefficient (Wildman–Crippen LogP) is 3.79. The molecule has 2 amide bonds. The molecule has 0 unspecified atom stereocenters. The number of rotatable bonds is 6. The predicted molar refractivity (Wildman–Crippen MR) is 109 cm³/mol. The Hall–Kier alpha value is -3.39. The number of nitrogens with one attached hydrogen (secondary N) is 1. The van der Waals surface area contributed by atoms with Gasteiger partial charge in [-0.2, -0.15) is 0 Å². The van der Waals surface area contributed by atoms with E-state index in [9.17, 15) is 18.8 Å². The highest BCUT2D eigenvalue weighted by molar-refractivity contribution is 6.33. The third-order valence-corrected chi connectivity index (χ3v) is 4.69. The molecule has 30 heavy (non-hydrogen) atoms. The molecule has 0 radical (unpaired) electrons. The fraction of sp³-hybridized carbons (Fsp3) is 0.190. The van der Waals surface area contributed by atoms with Crippen LogP contribution in [0.25, 0.3) is 11.0 Å². The summed E-state index contributed by atoms with van der Waals surface area (Å²) in [5, 5.41) is 3.41. The number of aryl methyl sites for hydroxylation is 1. The summed E-state index contributed by atoms with van der Waals surface area (Å²) in [6, 6.07) is 10.6. The Balaban J connectivity index is 1.56. The first-order chi connectivity index (χ1) is 14.3. The fourth-order valence-corrected chi connectivity index (χ4v) is 2.93. The van der Waals surface area contributed by atoms with Crippen molar-refractivity contribution in [3.05, 3.63) is 64.6 Å². The van der Waals surface area contributed by atoms with E-state index in [2.05, 4.69) is 5.32 Å². The van der Waals surface area contributed by atoms with Gasteiger partial charge in [0, 0.05) is 18.0 Å². The maximum absolute atomic E-state index is 13.4. The first-order valence-corrected chi connectivity index (χ1v) is 9.28. The van der Waals surface area contributed by atoms with Crippen molar-refractivity contribution in [2.45, 2.75) is 6.92 Å². The minimum Gasteiger partial charge on any atom is -0.450 e. The number of amides is 2. The van der Waals surface area contributed by atoms with Gasteiger partial charge < -0.3 is 19.4 Å². The molecule has 7 nitrogen and oxygen atoms in total. The molecule has 0 fully saturated rings. The third kappa shape index (κ3) is 4.77. The van der Waals surface area contributed by atoms with Crippen LogP contribution in [0.4, 0.5) is 10.1 Å². The largest absolute Gasteiger partial charge is 0.450 e. The van der Waals surface area contributed by atoms with Crippen molar-refractivity contribution in [1.29, 1.82) is 0 Å². The maximum Gasteiger partial charge on any atom is 0.375 e. The number of carbonyl (C=O) groups is 3. The van der Waals surface area contributed by atoms with Crippen LogP contribution in [0.5, 0.6) is 0 Å². The average molecular weight is 433 g/mol. The van der Waals surface area contributed by atoms with Crippen molar-refractivity contribution >= 4 is 46.0 Å². The molecule has 0 aliphatic rings. The van der Waals surface area contributed by atoms with Gasteiger partial charge in [-0.3, -0.25) is 9.59 Å². The number of hydrogen-bond acceptors (Lipinski definition) is 5. The summed E-state index contributed by atoms with van der Waals surface area (Å²) in [5.41, 5.74) is 1.17. The highest BCUT2D eigenvalue weighted by Gasteiger charge is 2.22. The van der Waals surface area contributed by atoms with Gasteiger partial charge in [0.25, 0.3) is 5.91 Å². The van der Waals surface area contributed by atoms with E-state index >= 15 is 0 Å². The lowest BCUT2D eigenvalue weighted by Gasteiger charge is -2.17. The van der Waals surface area contributed by atoms with Crippen molar-refractivity contribution in [1.82, 2.24) is 4.90 Å². The van der Waals surface area contributed by atoms with Gasteiger partial charge in [0.2, 0.25) is 11.7 Å². The molecule has 0 saturated carbocycles. The molecule has 156 valence electrons. The molecule has 0 bridgehead atoms. The van der Waals surface area contributed by atoms with Gasteiger partial charge in [-0.05, 0) is 37.3 Å². The molecular formula is C21H18ClFN2O5. The van der Waals surface area contributed by atoms with E-state index in [0.29, 0.717) is 27.2 Å². The molecule has 1 aromatic heterocycles. The molecule has 9 heteroatoms. The molecule has 0 aliphatic carbocycles. The summed E-state index contributed by atoms with van der Waals surface area (Å²) in [7, 11) is 1.40. The van der Waals surface area contributed by atoms with E-state index in [1.54, 1.807) is 31.2 Å². The van der Waals surface area contributed by atoms with Crippen LogP contribution < -0.4 is 5.32 Å². The van der Waals surface area contributed by atoms with Crippen molar-refractivity contribution in [3.63, 3.8) is 0 Å². The number of halogens is 2. The molecule has 0 atom stereocenters. The van der Waals surface area contributed by atoms with Crippen molar-refractivity contribution < 1.29 is 27.9 Å². The summed E-state index contributed by atoms with van der Waals surface area (Å²) in [6.07, 6.45) is 0. The Morgan fingerprint density at radius 1 is 1.20 bits per heavy atom.